The Hall–Kier alpha value is -1.88. The molecule has 3 aliphatic rings. The van der Waals surface area contributed by atoms with E-state index in [1.807, 2.05) is 12.1 Å². The average Bonchev–Trinajstić information content (AvgIpc) is 2.98. The number of piperazine rings is 1. The standard InChI is InChI=1S/C24H28ClN3O/c1-16-13-19-4-2-3-18-7-10-22(24(29)28(16)23(18)19)27-12-11-26-15-21(27)14-17-5-8-20(25)9-6-17/h2-6,8-9,16,21-22,26H,7,10-15H2,1H3/t16-,21?,22-/m1/s1. The first-order chi connectivity index (χ1) is 14.1. The number of benzene rings is 2. The summed E-state index contributed by atoms with van der Waals surface area (Å²) in [5, 5.41) is 4.30. The maximum absolute atomic E-state index is 13.8. The minimum Gasteiger partial charge on any atom is -0.314 e. The molecule has 2 aromatic carbocycles. The number of para-hydroxylation sites is 1. The Bertz CT molecular complexity index is 913. The molecule has 3 atom stereocenters. The zero-order valence-corrected chi connectivity index (χ0v) is 17.7. The quantitative estimate of drug-likeness (QED) is 0.843. The fourth-order valence-electron chi connectivity index (χ4n) is 5.43. The topological polar surface area (TPSA) is 35.6 Å². The van der Waals surface area contributed by atoms with Gasteiger partial charge >= 0.3 is 0 Å². The summed E-state index contributed by atoms with van der Waals surface area (Å²) in [6.45, 7) is 4.96. The maximum Gasteiger partial charge on any atom is 0.244 e. The lowest BCUT2D eigenvalue weighted by atomic mass is 9.97. The lowest BCUT2D eigenvalue weighted by molar-refractivity contribution is -0.125. The molecule has 1 saturated heterocycles. The van der Waals surface area contributed by atoms with Crippen LogP contribution in [0, 0.1) is 0 Å². The van der Waals surface area contributed by atoms with E-state index in [0.717, 1.165) is 50.3 Å². The van der Waals surface area contributed by atoms with Crippen molar-refractivity contribution in [3.8, 4) is 0 Å². The third-order valence-electron chi connectivity index (χ3n) is 6.79. The van der Waals surface area contributed by atoms with Crippen LogP contribution < -0.4 is 10.2 Å². The first-order valence-electron chi connectivity index (χ1n) is 10.8. The normalized spacial score (nSPS) is 27.0. The third kappa shape index (κ3) is 3.48. The van der Waals surface area contributed by atoms with Crippen LogP contribution in [0.5, 0.6) is 0 Å². The van der Waals surface area contributed by atoms with Crippen molar-refractivity contribution in [1.82, 2.24) is 10.2 Å². The predicted molar refractivity (Wildman–Crippen MR) is 118 cm³/mol. The second kappa shape index (κ2) is 7.75. The van der Waals surface area contributed by atoms with Crippen LogP contribution in [-0.2, 0) is 24.1 Å². The highest BCUT2D eigenvalue weighted by Gasteiger charge is 2.42. The summed E-state index contributed by atoms with van der Waals surface area (Å²) in [5.41, 5.74) is 5.15. The van der Waals surface area contributed by atoms with Crippen LogP contribution in [0.15, 0.2) is 42.5 Å². The van der Waals surface area contributed by atoms with Crippen molar-refractivity contribution in [2.75, 3.05) is 24.5 Å². The smallest absolute Gasteiger partial charge is 0.244 e. The molecule has 2 aromatic rings. The molecular formula is C24H28ClN3O. The van der Waals surface area contributed by atoms with Gasteiger partial charge in [0.05, 0.1) is 11.7 Å². The molecule has 5 rings (SSSR count). The average molecular weight is 410 g/mol. The number of amides is 1. The molecule has 3 aliphatic heterocycles. The Morgan fingerprint density at radius 3 is 2.76 bits per heavy atom. The highest BCUT2D eigenvalue weighted by Crippen LogP contribution is 2.39. The van der Waals surface area contributed by atoms with Crippen molar-refractivity contribution in [2.24, 2.45) is 0 Å². The van der Waals surface area contributed by atoms with Gasteiger partial charge in [0.2, 0.25) is 5.91 Å². The predicted octanol–water partition coefficient (Wildman–Crippen LogP) is 3.45. The number of carbonyl (C=O) groups is 1. The summed E-state index contributed by atoms with van der Waals surface area (Å²) >= 11 is 6.06. The Balaban J connectivity index is 1.43. The van der Waals surface area contributed by atoms with Gasteiger partial charge < -0.3 is 10.2 Å². The second-order valence-electron chi connectivity index (χ2n) is 8.67. The molecule has 3 heterocycles. The van der Waals surface area contributed by atoms with E-state index >= 15 is 0 Å². The summed E-state index contributed by atoms with van der Waals surface area (Å²) in [6, 6.07) is 15.2. The molecule has 152 valence electrons. The lowest BCUT2D eigenvalue weighted by Crippen LogP contribution is -2.60. The summed E-state index contributed by atoms with van der Waals surface area (Å²) < 4.78 is 0. The monoisotopic (exact) mass is 409 g/mol. The number of carbonyl (C=O) groups excluding carboxylic acids is 1. The molecule has 4 nitrogen and oxygen atoms in total. The molecule has 1 fully saturated rings. The molecule has 1 N–H and O–H groups in total. The van der Waals surface area contributed by atoms with Crippen LogP contribution in [-0.4, -0.2) is 48.6 Å². The van der Waals surface area contributed by atoms with Crippen LogP contribution >= 0.6 is 11.6 Å². The minimum atomic E-state index is -0.0461. The first-order valence-corrected chi connectivity index (χ1v) is 11.1. The van der Waals surface area contributed by atoms with Crippen molar-refractivity contribution >= 4 is 23.2 Å². The van der Waals surface area contributed by atoms with E-state index in [1.165, 1.54) is 22.4 Å². The van der Waals surface area contributed by atoms with Gasteiger partial charge in [-0.1, -0.05) is 41.9 Å². The molecule has 0 bridgehead atoms. The number of hydrogen-bond acceptors (Lipinski definition) is 3. The van der Waals surface area contributed by atoms with Gasteiger partial charge in [0.15, 0.2) is 0 Å². The zero-order chi connectivity index (χ0) is 20.0. The van der Waals surface area contributed by atoms with Gasteiger partial charge in [0.25, 0.3) is 0 Å². The Labute approximate surface area is 177 Å². The van der Waals surface area contributed by atoms with E-state index in [-0.39, 0.29) is 12.1 Å². The Morgan fingerprint density at radius 2 is 1.93 bits per heavy atom. The van der Waals surface area contributed by atoms with Crippen LogP contribution in [0.25, 0.3) is 0 Å². The van der Waals surface area contributed by atoms with Crippen LogP contribution in [0.3, 0.4) is 0 Å². The Morgan fingerprint density at radius 1 is 1.14 bits per heavy atom. The van der Waals surface area contributed by atoms with Crippen LogP contribution in [0.1, 0.15) is 30.0 Å². The highest BCUT2D eigenvalue weighted by molar-refractivity contribution is 6.30. The lowest BCUT2D eigenvalue weighted by Gasteiger charge is -2.42. The number of halogens is 1. The van der Waals surface area contributed by atoms with Crippen molar-refractivity contribution in [2.45, 2.75) is 50.7 Å². The summed E-state index contributed by atoms with van der Waals surface area (Å²) in [7, 11) is 0. The van der Waals surface area contributed by atoms with Crippen molar-refractivity contribution in [1.29, 1.82) is 0 Å². The number of rotatable bonds is 3. The SMILES string of the molecule is C[C@@H]1Cc2cccc3c2N1C(=O)[C@H](N1CCNCC1Cc1ccc(Cl)cc1)CC3. The fourth-order valence-corrected chi connectivity index (χ4v) is 5.56. The van der Waals surface area contributed by atoms with Crippen molar-refractivity contribution < 1.29 is 4.79 Å². The summed E-state index contributed by atoms with van der Waals surface area (Å²) in [6.07, 6.45) is 3.77. The van der Waals surface area contributed by atoms with Crippen LogP contribution in [0.2, 0.25) is 5.02 Å². The molecular weight excluding hydrogens is 382 g/mol. The van der Waals surface area contributed by atoms with Gasteiger partial charge in [-0.25, -0.2) is 0 Å². The molecule has 0 radical (unpaired) electrons. The van der Waals surface area contributed by atoms with Crippen LogP contribution in [0.4, 0.5) is 5.69 Å². The van der Waals surface area contributed by atoms with Crippen molar-refractivity contribution in [3.05, 3.63) is 64.2 Å². The fraction of sp³-hybridized carbons (Fsp3) is 0.458. The molecule has 0 saturated carbocycles. The minimum absolute atomic E-state index is 0.0461. The molecule has 1 unspecified atom stereocenters. The molecule has 0 aliphatic carbocycles. The zero-order valence-electron chi connectivity index (χ0n) is 16.9. The highest BCUT2D eigenvalue weighted by atomic mass is 35.5. The molecule has 1 amide bonds. The van der Waals surface area contributed by atoms with E-state index in [0.29, 0.717) is 11.9 Å². The van der Waals surface area contributed by atoms with Crippen molar-refractivity contribution in [3.63, 3.8) is 0 Å². The van der Waals surface area contributed by atoms with E-state index in [1.54, 1.807) is 0 Å². The third-order valence-corrected chi connectivity index (χ3v) is 7.04. The van der Waals surface area contributed by atoms with Gasteiger partial charge in [0.1, 0.15) is 0 Å². The maximum atomic E-state index is 13.8. The first kappa shape index (κ1) is 19.1. The van der Waals surface area contributed by atoms with E-state index < -0.39 is 0 Å². The number of nitrogens with zero attached hydrogens (tertiary/aromatic N) is 2. The summed E-state index contributed by atoms with van der Waals surface area (Å²) in [5.74, 6) is 0.296. The molecule has 0 spiro atoms. The Kier molecular flexibility index (Phi) is 5.10. The van der Waals surface area contributed by atoms with Gasteiger partial charge in [-0.2, -0.15) is 0 Å². The molecule has 29 heavy (non-hydrogen) atoms. The number of aryl methyl sites for hydroxylation is 1. The number of nitrogens with one attached hydrogen (secondary N) is 1. The summed E-state index contributed by atoms with van der Waals surface area (Å²) in [4.78, 5) is 18.4. The van der Waals surface area contributed by atoms with E-state index in [4.69, 9.17) is 11.6 Å². The number of hydrogen-bond donors (Lipinski definition) is 1. The second-order valence-corrected chi connectivity index (χ2v) is 9.10. The van der Waals surface area contributed by atoms with E-state index in [2.05, 4.69) is 52.4 Å². The van der Waals surface area contributed by atoms with Gasteiger partial charge in [-0.15, -0.1) is 0 Å². The number of anilines is 1. The van der Waals surface area contributed by atoms with Gasteiger partial charge in [0, 0.05) is 36.7 Å². The van der Waals surface area contributed by atoms with Gasteiger partial charge in [-0.05, 0) is 61.4 Å². The van der Waals surface area contributed by atoms with Gasteiger partial charge in [-0.3, -0.25) is 9.69 Å². The van der Waals surface area contributed by atoms with E-state index in [9.17, 15) is 4.79 Å². The largest absolute Gasteiger partial charge is 0.314 e. The molecule has 5 heteroatoms. The molecule has 0 aromatic heterocycles.